The summed E-state index contributed by atoms with van der Waals surface area (Å²) in [6.45, 7) is 4.02. The summed E-state index contributed by atoms with van der Waals surface area (Å²) in [5, 5.41) is 4.35. The maximum atomic E-state index is 5.88. The van der Waals surface area contributed by atoms with Crippen LogP contribution in [0.5, 0.6) is 6.01 Å². The zero-order chi connectivity index (χ0) is 21.3. The fourth-order valence-electron chi connectivity index (χ4n) is 3.48. The first-order valence-electron chi connectivity index (χ1n) is 10.6. The molecule has 3 aromatic rings. The lowest BCUT2D eigenvalue weighted by molar-refractivity contribution is 0.0843. The molecule has 0 unspecified atom stereocenters. The van der Waals surface area contributed by atoms with E-state index >= 15 is 0 Å². The number of hydrogen-bond acceptors (Lipinski definition) is 7. The summed E-state index contributed by atoms with van der Waals surface area (Å²) in [5.74, 6) is 0.949. The van der Waals surface area contributed by atoms with Crippen LogP contribution >= 0.6 is 0 Å². The van der Waals surface area contributed by atoms with E-state index < -0.39 is 0 Å². The average molecular weight is 418 g/mol. The molecular weight excluding hydrogens is 390 g/mol. The Balaban J connectivity index is 1.46. The van der Waals surface area contributed by atoms with Crippen molar-refractivity contribution in [1.29, 1.82) is 0 Å². The standard InChI is InChI=1S/C24H27N5O2/c1-18-5-4-6-19(15-18)17-26-29-23-16-22(20-8-12-30-13-9-20)27-24(28-23)31-14-10-21-7-2-3-11-25-21/h2-7,11,15-17,20H,8-10,12-14H2,1H3,(H,27,28,29)/b26-17+. The maximum Gasteiger partial charge on any atom is 0.318 e. The van der Waals surface area contributed by atoms with E-state index in [1.165, 1.54) is 5.56 Å². The third-order valence-corrected chi connectivity index (χ3v) is 5.12. The summed E-state index contributed by atoms with van der Waals surface area (Å²) >= 11 is 0. The number of ether oxygens (including phenoxy) is 2. The molecule has 0 bridgehead atoms. The van der Waals surface area contributed by atoms with E-state index in [0.29, 0.717) is 30.8 Å². The van der Waals surface area contributed by atoms with Gasteiger partial charge in [0.05, 0.1) is 18.5 Å². The van der Waals surface area contributed by atoms with Crippen LogP contribution in [0.4, 0.5) is 5.82 Å². The minimum atomic E-state index is 0.330. The Labute approximate surface area is 182 Å². The van der Waals surface area contributed by atoms with Crippen LogP contribution in [0.25, 0.3) is 0 Å². The minimum Gasteiger partial charge on any atom is -0.463 e. The van der Waals surface area contributed by atoms with Crippen LogP contribution in [0.15, 0.2) is 59.8 Å². The van der Waals surface area contributed by atoms with Gasteiger partial charge in [0.25, 0.3) is 0 Å². The van der Waals surface area contributed by atoms with Gasteiger partial charge in [-0.3, -0.25) is 10.4 Å². The molecule has 0 amide bonds. The Kier molecular flexibility index (Phi) is 7.18. The molecule has 0 aliphatic carbocycles. The van der Waals surface area contributed by atoms with E-state index in [1.54, 1.807) is 12.4 Å². The number of benzene rings is 1. The van der Waals surface area contributed by atoms with Crippen molar-refractivity contribution >= 4 is 12.0 Å². The molecule has 0 spiro atoms. The van der Waals surface area contributed by atoms with E-state index in [0.717, 1.165) is 43.0 Å². The second-order valence-electron chi connectivity index (χ2n) is 7.55. The predicted molar refractivity (Wildman–Crippen MR) is 121 cm³/mol. The van der Waals surface area contributed by atoms with Crippen molar-refractivity contribution in [3.63, 3.8) is 0 Å². The van der Waals surface area contributed by atoms with Crippen LogP contribution in [0.3, 0.4) is 0 Å². The largest absolute Gasteiger partial charge is 0.463 e. The van der Waals surface area contributed by atoms with E-state index in [9.17, 15) is 0 Å². The van der Waals surface area contributed by atoms with Crippen LogP contribution in [0.1, 0.15) is 41.3 Å². The Bertz CT molecular complexity index is 1000. The number of rotatable bonds is 8. The van der Waals surface area contributed by atoms with Gasteiger partial charge < -0.3 is 9.47 Å². The van der Waals surface area contributed by atoms with Gasteiger partial charge >= 0.3 is 6.01 Å². The first kappa shape index (κ1) is 20.9. The summed E-state index contributed by atoms with van der Waals surface area (Å²) in [5.41, 5.74) is 7.19. The summed E-state index contributed by atoms with van der Waals surface area (Å²) < 4.78 is 11.4. The van der Waals surface area contributed by atoms with Gasteiger partial charge in [0.2, 0.25) is 0 Å². The highest BCUT2D eigenvalue weighted by atomic mass is 16.5. The zero-order valence-corrected chi connectivity index (χ0v) is 17.7. The van der Waals surface area contributed by atoms with Crippen molar-refractivity contribution in [2.24, 2.45) is 5.10 Å². The van der Waals surface area contributed by atoms with Crippen LogP contribution in [-0.2, 0) is 11.2 Å². The third-order valence-electron chi connectivity index (χ3n) is 5.12. The van der Waals surface area contributed by atoms with Crippen LogP contribution in [-0.4, -0.2) is 41.0 Å². The van der Waals surface area contributed by atoms with E-state index in [1.807, 2.05) is 36.4 Å². The smallest absolute Gasteiger partial charge is 0.318 e. The van der Waals surface area contributed by atoms with Gasteiger partial charge in [0.15, 0.2) is 5.82 Å². The van der Waals surface area contributed by atoms with Crippen molar-refractivity contribution in [3.05, 3.63) is 77.2 Å². The number of aryl methyl sites for hydroxylation is 1. The number of anilines is 1. The molecule has 0 radical (unpaired) electrons. The molecule has 7 nitrogen and oxygen atoms in total. The lowest BCUT2D eigenvalue weighted by Crippen LogP contribution is -2.16. The van der Waals surface area contributed by atoms with Crippen molar-refractivity contribution in [1.82, 2.24) is 15.0 Å². The van der Waals surface area contributed by atoms with Gasteiger partial charge in [-0.2, -0.15) is 15.1 Å². The lowest BCUT2D eigenvalue weighted by Gasteiger charge is -2.22. The van der Waals surface area contributed by atoms with Gasteiger partial charge in [-0.25, -0.2) is 0 Å². The second kappa shape index (κ2) is 10.6. The Morgan fingerprint density at radius 2 is 2.03 bits per heavy atom. The van der Waals surface area contributed by atoms with Gasteiger partial charge in [-0.15, -0.1) is 0 Å². The molecule has 7 heteroatoms. The Morgan fingerprint density at radius 1 is 1.13 bits per heavy atom. The van der Waals surface area contributed by atoms with Crippen LogP contribution in [0.2, 0.25) is 0 Å². The molecular formula is C24H27N5O2. The van der Waals surface area contributed by atoms with Gasteiger partial charge in [-0.1, -0.05) is 35.9 Å². The van der Waals surface area contributed by atoms with Crippen LogP contribution in [0, 0.1) is 6.92 Å². The molecule has 1 aromatic carbocycles. The molecule has 3 heterocycles. The summed E-state index contributed by atoms with van der Waals surface area (Å²) in [6.07, 6.45) is 6.14. The number of nitrogens with zero attached hydrogens (tertiary/aromatic N) is 4. The fraction of sp³-hybridized carbons (Fsp3) is 0.333. The summed E-state index contributed by atoms with van der Waals surface area (Å²) in [7, 11) is 0. The molecule has 160 valence electrons. The van der Waals surface area contributed by atoms with Crippen molar-refractivity contribution < 1.29 is 9.47 Å². The molecule has 1 aliphatic rings. The molecule has 1 N–H and O–H groups in total. The maximum absolute atomic E-state index is 5.88. The molecule has 4 rings (SSSR count). The number of nitrogens with one attached hydrogen (secondary N) is 1. The average Bonchev–Trinajstić information content (AvgIpc) is 2.80. The normalized spacial score (nSPS) is 14.6. The number of hydrazone groups is 1. The molecule has 1 saturated heterocycles. The topological polar surface area (TPSA) is 81.5 Å². The van der Waals surface area contributed by atoms with Crippen LogP contribution < -0.4 is 10.2 Å². The quantitative estimate of drug-likeness (QED) is 0.438. The second-order valence-corrected chi connectivity index (χ2v) is 7.55. The Hall–Kier alpha value is -3.32. The highest BCUT2D eigenvalue weighted by molar-refractivity contribution is 5.80. The zero-order valence-electron chi connectivity index (χ0n) is 17.7. The van der Waals surface area contributed by atoms with Gasteiger partial charge in [-0.05, 0) is 37.5 Å². The van der Waals surface area contributed by atoms with E-state index in [4.69, 9.17) is 9.47 Å². The number of hydrogen-bond donors (Lipinski definition) is 1. The number of pyridine rings is 1. The minimum absolute atomic E-state index is 0.330. The monoisotopic (exact) mass is 417 g/mol. The fourth-order valence-corrected chi connectivity index (χ4v) is 3.48. The first-order chi connectivity index (χ1) is 15.3. The Morgan fingerprint density at radius 3 is 2.84 bits per heavy atom. The lowest BCUT2D eigenvalue weighted by atomic mass is 9.96. The summed E-state index contributed by atoms with van der Waals surface area (Å²) in [4.78, 5) is 13.5. The van der Waals surface area contributed by atoms with Gasteiger partial charge in [0.1, 0.15) is 0 Å². The third kappa shape index (κ3) is 6.33. The molecule has 31 heavy (non-hydrogen) atoms. The summed E-state index contributed by atoms with van der Waals surface area (Å²) in [6, 6.07) is 16.3. The highest BCUT2D eigenvalue weighted by Crippen LogP contribution is 2.28. The van der Waals surface area contributed by atoms with Crippen molar-refractivity contribution in [3.8, 4) is 6.01 Å². The van der Waals surface area contributed by atoms with E-state index in [2.05, 4.69) is 44.5 Å². The van der Waals surface area contributed by atoms with Crippen molar-refractivity contribution in [2.75, 3.05) is 25.2 Å². The number of aromatic nitrogens is 3. The van der Waals surface area contributed by atoms with Crippen molar-refractivity contribution in [2.45, 2.75) is 32.1 Å². The predicted octanol–water partition coefficient (Wildman–Crippen LogP) is 4.14. The molecule has 1 aliphatic heterocycles. The van der Waals surface area contributed by atoms with Gasteiger partial charge in [0, 0.05) is 43.5 Å². The molecule has 0 saturated carbocycles. The molecule has 0 atom stereocenters. The highest BCUT2D eigenvalue weighted by Gasteiger charge is 2.19. The SMILES string of the molecule is Cc1cccc(/C=N/Nc2cc(C3CCOCC3)nc(OCCc3ccccn3)n2)c1. The van der Waals surface area contributed by atoms with E-state index in [-0.39, 0.29) is 0 Å². The molecule has 2 aromatic heterocycles. The molecule has 1 fully saturated rings. The first-order valence-corrected chi connectivity index (χ1v) is 10.6.